The number of aromatic nitrogens is 2. The highest BCUT2D eigenvalue weighted by atomic mass is 16.4. The first-order valence-electron chi connectivity index (χ1n) is 5.78. The topological polar surface area (TPSA) is 54.6 Å². The summed E-state index contributed by atoms with van der Waals surface area (Å²) in [5.41, 5.74) is 2.75. The van der Waals surface area contributed by atoms with E-state index in [9.17, 15) is 4.79 Å². The Morgan fingerprint density at radius 3 is 2.94 bits per heavy atom. The number of aliphatic carboxylic acids is 1. The van der Waals surface area contributed by atoms with Crippen molar-refractivity contribution >= 4 is 11.6 Å². The van der Waals surface area contributed by atoms with Gasteiger partial charge in [0.05, 0.1) is 17.8 Å². The van der Waals surface area contributed by atoms with Crippen LogP contribution >= 0.6 is 0 Å². The van der Waals surface area contributed by atoms with Gasteiger partial charge >= 0.3 is 5.97 Å². The van der Waals surface area contributed by atoms with E-state index >= 15 is 0 Å². The molecule has 1 aliphatic carbocycles. The van der Waals surface area contributed by atoms with E-state index in [4.69, 9.17) is 5.11 Å². The molecule has 3 rings (SSSR count). The molecule has 1 saturated carbocycles. The molecule has 0 atom stereocenters. The molecule has 0 unspecified atom stereocenters. The first-order valence-corrected chi connectivity index (χ1v) is 5.78. The second-order valence-electron chi connectivity index (χ2n) is 4.83. The van der Waals surface area contributed by atoms with Gasteiger partial charge in [0.25, 0.3) is 0 Å². The van der Waals surface area contributed by atoms with Gasteiger partial charge in [-0.05, 0) is 31.9 Å². The third-order valence-electron chi connectivity index (χ3n) is 3.55. The summed E-state index contributed by atoms with van der Waals surface area (Å²) in [6, 6.07) is 5.85. The van der Waals surface area contributed by atoms with Crippen LogP contribution < -0.4 is 0 Å². The summed E-state index contributed by atoms with van der Waals surface area (Å²) >= 11 is 0. The molecule has 0 amide bonds. The number of imidazole rings is 1. The first kappa shape index (κ1) is 10.3. The van der Waals surface area contributed by atoms with Crippen LogP contribution in [-0.4, -0.2) is 20.5 Å². The van der Waals surface area contributed by atoms with Crippen LogP contribution in [-0.2, 0) is 10.2 Å². The van der Waals surface area contributed by atoms with Gasteiger partial charge in [0.2, 0.25) is 0 Å². The lowest BCUT2D eigenvalue weighted by Crippen LogP contribution is -2.16. The van der Waals surface area contributed by atoms with Crippen molar-refractivity contribution in [1.82, 2.24) is 9.38 Å². The van der Waals surface area contributed by atoms with Crippen molar-refractivity contribution < 1.29 is 9.90 Å². The second kappa shape index (κ2) is 3.32. The van der Waals surface area contributed by atoms with E-state index in [0.717, 1.165) is 29.9 Å². The molecule has 0 aromatic carbocycles. The molecule has 17 heavy (non-hydrogen) atoms. The largest absolute Gasteiger partial charge is 0.481 e. The van der Waals surface area contributed by atoms with Crippen molar-refractivity contribution in [2.24, 2.45) is 0 Å². The van der Waals surface area contributed by atoms with Crippen LogP contribution in [0.25, 0.3) is 5.65 Å². The molecule has 4 heteroatoms. The van der Waals surface area contributed by atoms with Crippen LogP contribution in [0.1, 0.15) is 30.7 Å². The highest BCUT2D eigenvalue weighted by Gasteiger charge is 2.49. The molecule has 1 fully saturated rings. The Labute approximate surface area is 98.9 Å². The lowest BCUT2D eigenvalue weighted by Gasteiger charge is -2.13. The van der Waals surface area contributed by atoms with E-state index in [2.05, 4.69) is 4.98 Å². The SMILES string of the molecule is Cc1nc2ccccn2c1C1(CC(=O)O)CC1. The summed E-state index contributed by atoms with van der Waals surface area (Å²) in [4.78, 5) is 15.5. The summed E-state index contributed by atoms with van der Waals surface area (Å²) in [7, 11) is 0. The van der Waals surface area contributed by atoms with E-state index in [0.29, 0.717) is 0 Å². The Morgan fingerprint density at radius 1 is 1.53 bits per heavy atom. The third kappa shape index (κ3) is 1.52. The van der Waals surface area contributed by atoms with E-state index in [-0.39, 0.29) is 11.8 Å². The molecule has 0 aliphatic heterocycles. The molecule has 2 aromatic rings. The maximum absolute atomic E-state index is 11.0. The molecule has 0 bridgehead atoms. The van der Waals surface area contributed by atoms with Crippen molar-refractivity contribution in [2.45, 2.75) is 31.6 Å². The fraction of sp³-hybridized carbons (Fsp3) is 0.385. The van der Waals surface area contributed by atoms with Crippen molar-refractivity contribution in [3.05, 3.63) is 35.8 Å². The fourth-order valence-electron chi connectivity index (χ4n) is 2.69. The number of carboxylic acids is 1. The molecule has 0 spiro atoms. The summed E-state index contributed by atoms with van der Waals surface area (Å²) < 4.78 is 2.03. The normalized spacial score (nSPS) is 17.2. The van der Waals surface area contributed by atoms with Crippen molar-refractivity contribution in [3.63, 3.8) is 0 Å². The van der Waals surface area contributed by atoms with E-state index in [1.165, 1.54) is 0 Å². The zero-order valence-corrected chi connectivity index (χ0v) is 9.68. The van der Waals surface area contributed by atoms with Crippen molar-refractivity contribution in [3.8, 4) is 0 Å². The van der Waals surface area contributed by atoms with Crippen LogP contribution in [0.3, 0.4) is 0 Å². The lowest BCUT2D eigenvalue weighted by atomic mass is 9.96. The van der Waals surface area contributed by atoms with Gasteiger partial charge in [-0.15, -0.1) is 0 Å². The number of pyridine rings is 1. The average Bonchev–Trinajstić information content (AvgIpc) is 2.92. The Bertz CT molecular complexity index is 596. The number of hydrogen-bond acceptors (Lipinski definition) is 2. The van der Waals surface area contributed by atoms with Gasteiger partial charge in [-0.25, -0.2) is 4.98 Å². The number of carboxylic acid groups (broad SMARTS) is 1. The molecule has 2 heterocycles. The quantitative estimate of drug-likeness (QED) is 0.879. The molecule has 0 saturated heterocycles. The van der Waals surface area contributed by atoms with Crippen LogP contribution in [0.15, 0.2) is 24.4 Å². The maximum Gasteiger partial charge on any atom is 0.304 e. The van der Waals surface area contributed by atoms with Crippen LogP contribution in [0.4, 0.5) is 0 Å². The molecular formula is C13H14N2O2. The van der Waals surface area contributed by atoms with Gasteiger partial charge < -0.3 is 9.51 Å². The minimum Gasteiger partial charge on any atom is -0.481 e. The Hall–Kier alpha value is -1.84. The predicted molar refractivity (Wildman–Crippen MR) is 63.1 cm³/mol. The molecular weight excluding hydrogens is 216 g/mol. The standard InChI is InChI=1S/C13H14N2O2/c1-9-12(13(5-6-13)8-11(16)17)15-7-3-2-4-10(15)14-9/h2-4,7H,5-6,8H2,1H3,(H,16,17). The highest BCUT2D eigenvalue weighted by molar-refractivity contribution is 5.70. The maximum atomic E-state index is 11.0. The van der Waals surface area contributed by atoms with Crippen molar-refractivity contribution in [1.29, 1.82) is 0 Å². The molecule has 4 nitrogen and oxygen atoms in total. The summed E-state index contributed by atoms with van der Waals surface area (Å²) in [6.45, 7) is 1.96. The molecule has 1 N–H and O–H groups in total. The number of hydrogen-bond donors (Lipinski definition) is 1. The first-order chi connectivity index (χ1) is 8.12. The Kier molecular flexibility index (Phi) is 2.02. The summed E-state index contributed by atoms with van der Waals surface area (Å²) in [6.07, 6.45) is 4.06. The summed E-state index contributed by atoms with van der Waals surface area (Å²) in [5.74, 6) is -0.729. The monoisotopic (exact) mass is 230 g/mol. The zero-order chi connectivity index (χ0) is 12.0. The van der Waals surface area contributed by atoms with Gasteiger partial charge in [0.15, 0.2) is 0 Å². The van der Waals surface area contributed by atoms with Gasteiger partial charge in [-0.2, -0.15) is 0 Å². The minimum atomic E-state index is -0.729. The van der Waals surface area contributed by atoms with Gasteiger partial charge in [-0.3, -0.25) is 4.79 Å². The zero-order valence-electron chi connectivity index (χ0n) is 9.68. The molecule has 0 radical (unpaired) electrons. The number of rotatable bonds is 3. The smallest absolute Gasteiger partial charge is 0.304 e. The van der Waals surface area contributed by atoms with Crippen LogP contribution in [0.2, 0.25) is 0 Å². The number of nitrogens with zero attached hydrogens (tertiary/aromatic N) is 2. The number of fused-ring (bicyclic) bond motifs is 1. The predicted octanol–water partition coefficient (Wildman–Crippen LogP) is 2.15. The fourth-order valence-corrected chi connectivity index (χ4v) is 2.69. The van der Waals surface area contributed by atoms with E-state index < -0.39 is 5.97 Å². The average molecular weight is 230 g/mol. The van der Waals surface area contributed by atoms with Crippen molar-refractivity contribution in [2.75, 3.05) is 0 Å². The third-order valence-corrected chi connectivity index (χ3v) is 3.55. The second-order valence-corrected chi connectivity index (χ2v) is 4.83. The van der Waals surface area contributed by atoms with Gasteiger partial charge in [0, 0.05) is 11.6 Å². The van der Waals surface area contributed by atoms with Crippen LogP contribution in [0.5, 0.6) is 0 Å². The molecule has 88 valence electrons. The number of carbonyl (C=O) groups is 1. The Balaban J connectivity index is 2.17. The highest BCUT2D eigenvalue weighted by Crippen LogP contribution is 2.52. The van der Waals surface area contributed by atoms with Gasteiger partial charge in [-0.1, -0.05) is 6.07 Å². The van der Waals surface area contributed by atoms with Gasteiger partial charge in [0.1, 0.15) is 5.65 Å². The van der Waals surface area contributed by atoms with E-state index in [1.807, 2.05) is 35.7 Å². The summed E-state index contributed by atoms with van der Waals surface area (Å²) in [5, 5.41) is 9.02. The molecule has 2 aromatic heterocycles. The minimum absolute atomic E-state index is 0.184. The lowest BCUT2D eigenvalue weighted by molar-refractivity contribution is -0.137. The Morgan fingerprint density at radius 2 is 2.29 bits per heavy atom. The molecule has 1 aliphatic rings. The number of aryl methyl sites for hydroxylation is 1. The van der Waals surface area contributed by atoms with Crippen LogP contribution in [0, 0.1) is 6.92 Å². The van der Waals surface area contributed by atoms with E-state index in [1.54, 1.807) is 0 Å².